The lowest BCUT2D eigenvalue weighted by atomic mass is 10.2. The average Bonchev–Trinajstić information content (AvgIpc) is 2.70. The molecule has 0 radical (unpaired) electrons. The molecule has 5 nitrogen and oxygen atoms in total. The average molecular weight is 250 g/mol. The van der Waals surface area contributed by atoms with Gasteiger partial charge in [-0.1, -0.05) is 18.2 Å². The Balaban J connectivity index is 2.28. The van der Waals surface area contributed by atoms with Gasteiger partial charge in [-0.25, -0.2) is 4.98 Å². The van der Waals surface area contributed by atoms with Crippen LogP contribution in [0.15, 0.2) is 42.5 Å². The van der Waals surface area contributed by atoms with E-state index >= 15 is 0 Å². The molecule has 0 saturated heterocycles. The standard InChI is InChI=1S/C14H10N4O/c15-8-5-6-11-12(7-8)17-18-13(16-11)9-3-1-2-4-10(9)14(18)19/h1-7,19H,15H2. The molecule has 2 heterocycles. The third-order valence-corrected chi connectivity index (χ3v) is 3.24. The van der Waals surface area contributed by atoms with Crippen LogP contribution >= 0.6 is 0 Å². The van der Waals surface area contributed by atoms with Crippen molar-refractivity contribution in [3.63, 3.8) is 0 Å². The largest absolute Gasteiger partial charge is 0.493 e. The second kappa shape index (κ2) is 3.35. The van der Waals surface area contributed by atoms with Crippen molar-refractivity contribution in [1.29, 1.82) is 0 Å². The summed E-state index contributed by atoms with van der Waals surface area (Å²) in [5, 5.41) is 16.2. The molecule has 92 valence electrons. The number of aromatic nitrogens is 3. The van der Waals surface area contributed by atoms with Gasteiger partial charge in [-0.05, 0) is 24.3 Å². The number of nitrogen functional groups attached to an aromatic ring is 1. The maximum atomic E-state index is 10.2. The second-order valence-corrected chi connectivity index (χ2v) is 4.46. The molecule has 19 heavy (non-hydrogen) atoms. The van der Waals surface area contributed by atoms with E-state index in [1.807, 2.05) is 30.3 Å². The SMILES string of the molecule is Nc1ccc2nc3c4ccccc4c(O)n3nc2c1. The summed E-state index contributed by atoms with van der Waals surface area (Å²) in [6.07, 6.45) is 0. The Hall–Kier alpha value is -2.82. The smallest absolute Gasteiger partial charge is 0.222 e. The summed E-state index contributed by atoms with van der Waals surface area (Å²) in [5.41, 5.74) is 8.42. The number of benzene rings is 2. The van der Waals surface area contributed by atoms with E-state index < -0.39 is 0 Å². The number of fused-ring (bicyclic) bond motifs is 4. The first-order valence-corrected chi connectivity index (χ1v) is 5.90. The minimum Gasteiger partial charge on any atom is -0.493 e. The summed E-state index contributed by atoms with van der Waals surface area (Å²) in [6, 6.07) is 12.9. The minimum absolute atomic E-state index is 0.0995. The number of hydrogen-bond donors (Lipinski definition) is 2. The monoisotopic (exact) mass is 250 g/mol. The highest BCUT2D eigenvalue weighted by atomic mass is 16.3. The fourth-order valence-corrected chi connectivity index (χ4v) is 2.34. The van der Waals surface area contributed by atoms with Crippen LogP contribution in [-0.2, 0) is 0 Å². The Bertz CT molecular complexity index is 942. The highest BCUT2D eigenvalue weighted by Gasteiger charge is 2.13. The van der Waals surface area contributed by atoms with Gasteiger partial charge in [0.15, 0.2) is 5.65 Å². The maximum absolute atomic E-state index is 10.2. The molecule has 0 unspecified atom stereocenters. The van der Waals surface area contributed by atoms with Crippen LogP contribution in [0.1, 0.15) is 0 Å². The van der Waals surface area contributed by atoms with Gasteiger partial charge in [0.2, 0.25) is 5.88 Å². The van der Waals surface area contributed by atoms with E-state index in [1.54, 1.807) is 12.1 Å². The molecule has 0 aliphatic carbocycles. The first kappa shape index (κ1) is 10.1. The Morgan fingerprint density at radius 2 is 1.79 bits per heavy atom. The van der Waals surface area contributed by atoms with E-state index in [0.29, 0.717) is 16.9 Å². The van der Waals surface area contributed by atoms with Crippen LogP contribution in [0.4, 0.5) is 5.69 Å². The summed E-state index contributed by atoms with van der Waals surface area (Å²) in [4.78, 5) is 4.55. The number of nitrogens with zero attached hydrogens (tertiary/aromatic N) is 3. The Morgan fingerprint density at radius 3 is 2.63 bits per heavy atom. The van der Waals surface area contributed by atoms with Gasteiger partial charge in [-0.15, -0.1) is 0 Å². The fraction of sp³-hybridized carbons (Fsp3) is 0. The van der Waals surface area contributed by atoms with Crippen LogP contribution in [0.25, 0.3) is 27.5 Å². The molecule has 5 heteroatoms. The van der Waals surface area contributed by atoms with Crippen molar-refractivity contribution in [3.8, 4) is 5.88 Å². The van der Waals surface area contributed by atoms with Gasteiger partial charge in [0.05, 0.1) is 5.52 Å². The van der Waals surface area contributed by atoms with E-state index in [0.717, 1.165) is 16.3 Å². The number of rotatable bonds is 0. The van der Waals surface area contributed by atoms with Gasteiger partial charge in [0.1, 0.15) is 5.52 Å². The topological polar surface area (TPSA) is 76.4 Å². The zero-order valence-electron chi connectivity index (χ0n) is 9.91. The van der Waals surface area contributed by atoms with E-state index in [4.69, 9.17) is 5.73 Å². The Kier molecular flexibility index (Phi) is 1.79. The molecule has 0 aliphatic rings. The molecule has 0 amide bonds. The third-order valence-electron chi connectivity index (χ3n) is 3.24. The van der Waals surface area contributed by atoms with Crippen molar-refractivity contribution in [1.82, 2.24) is 14.6 Å². The zero-order chi connectivity index (χ0) is 13.0. The van der Waals surface area contributed by atoms with Crippen LogP contribution in [0.2, 0.25) is 0 Å². The molecular weight excluding hydrogens is 240 g/mol. The Labute approximate surface area is 107 Å². The molecule has 0 fully saturated rings. The van der Waals surface area contributed by atoms with Crippen molar-refractivity contribution in [3.05, 3.63) is 42.5 Å². The summed E-state index contributed by atoms with van der Waals surface area (Å²) in [5.74, 6) is 0.0995. The minimum atomic E-state index is 0.0995. The van der Waals surface area contributed by atoms with Crippen molar-refractivity contribution in [2.75, 3.05) is 5.73 Å². The molecule has 0 saturated carbocycles. The molecule has 0 spiro atoms. The van der Waals surface area contributed by atoms with Crippen LogP contribution in [0.3, 0.4) is 0 Å². The molecule has 0 atom stereocenters. The van der Waals surface area contributed by atoms with Gasteiger partial charge in [-0.3, -0.25) is 0 Å². The van der Waals surface area contributed by atoms with Crippen LogP contribution in [0, 0.1) is 0 Å². The number of hydrogen-bond acceptors (Lipinski definition) is 4. The Morgan fingerprint density at radius 1 is 1.00 bits per heavy atom. The lowest BCUT2D eigenvalue weighted by Gasteiger charge is -2.00. The zero-order valence-corrected chi connectivity index (χ0v) is 9.91. The number of nitrogens with two attached hydrogens (primary N) is 1. The molecule has 4 aromatic rings. The van der Waals surface area contributed by atoms with Crippen molar-refractivity contribution >= 4 is 33.1 Å². The van der Waals surface area contributed by atoms with Crippen molar-refractivity contribution in [2.45, 2.75) is 0 Å². The fourth-order valence-electron chi connectivity index (χ4n) is 2.34. The highest BCUT2D eigenvalue weighted by molar-refractivity contribution is 6.00. The van der Waals surface area contributed by atoms with Gasteiger partial charge in [0.25, 0.3) is 0 Å². The molecule has 4 rings (SSSR count). The predicted molar refractivity (Wildman–Crippen MR) is 74.1 cm³/mol. The first-order valence-electron chi connectivity index (χ1n) is 5.90. The summed E-state index contributed by atoms with van der Waals surface area (Å²) < 4.78 is 1.45. The normalized spacial score (nSPS) is 11.6. The van der Waals surface area contributed by atoms with Crippen LogP contribution in [-0.4, -0.2) is 19.7 Å². The lowest BCUT2D eigenvalue weighted by Crippen LogP contribution is -1.96. The molecular formula is C14H10N4O. The van der Waals surface area contributed by atoms with Gasteiger partial charge >= 0.3 is 0 Å². The molecule has 0 aliphatic heterocycles. The molecule has 3 N–H and O–H groups in total. The maximum Gasteiger partial charge on any atom is 0.222 e. The van der Waals surface area contributed by atoms with E-state index in [-0.39, 0.29) is 5.88 Å². The molecule has 2 aromatic heterocycles. The quantitative estimate of drug-likeness (QED) is 0.469. The van der Waals surface area contributed by atoms with Crippen molar-refractivity contribution < 1.29 is 5.11 Å². The summed E-state index contributed by atoms with van der Waals surface area (Å²) in [6.45, 7) is 0. The molecule has 0 bridgehead atoms. The van der Waals surface area contributed by atoms with Crippen LogP contribution < -0.4 is 5.73 Å². The summed E-state index contributed by atoms with van der Waals surface area (Å²) in [7, 11) is 0. The second-order valence-electron chi connectivity index (χ2n) is 4.46. The van der Waals surface area contributed by atoms with Gasteiger partial charge in [0, 0.05) is 16.5 Å². The van der Waals surface area contributed by atoms with Gasteiger partial charge < -0.3 is 10.8 Å². The molecule has 2 aromatic carbocycles. The number of aromatic hydroxyl groups is 1. The number of anilines is 1. The predicted octanol–water partition coefficient (Wildman–Crippen LogP) is 2.32. The van der Waals surface area contributed by atoms with Crippen LogP contribution in [0.5, 0.6) is 5.88 Å². The van der Waals surface area contributed by atoms with E-state index in [9.17, 15) is 5.11 Å². The van der Waals surface area contributed by atoms with Crippen molar-refractivity contribution in [2.24, 2.45) is 0 Å². The lowest BCUT2D eigenvalue weighted by molar-refractivity contribution is 0.445. The first-order chi connectivity index (χ1) is 9.24. The third kappa shape index (κ3) is 1.29. The van der Waals surface area contributed by atoms with E-state index in [2.05, 4.69) is 10.1 Å². The van der Waals surface area contributed by atoms with Gasteiger partial charge in [-0.2, -0.15) is 9.61 Å². The van der Waals surface area contributed by atoms with E-state index in [1.165, 1.54) is 4.52 Å². The summed E-state index contributed by atoms with van der Waals surface area (Å²) >= 11 is 0. The highest BCUT2D eigenvalue weighted by Crippen LogP contribution is 2.30.